The maximum atomic E-state index is 13.3. The molecule has 0 amide bonds. The van der Waals surface area contributed by atoms with Crippen molar-refractivity contribution < 1.29 is 4.39 Å². The highest BCUT2D eigenvalue weighted by atomic mass is 19.1. The van der Waals surface area contributed by atoms with Gasteiger partial charge in [-0.2, -0.15) is 0 Å². The average Bonchev–Trinajstić information content (AvgIpc) is 2.83. The minimum atomic E-state index is -0.171. The van der Waals surface area contributed by atoms with E-state index in [4.69, 9.17) is 0 Å². The Morgan fingerprint density at radius 1 is 0.947 bits per heavy atom. The van der Waals surface area contributed by atoms with Crippen LogP contribution in [0.2, 0.25) is 0 Å². The van der Waals surface area contributed by atoms with Gasteiger partial charge in [-0.1, -0.05) is 30.3 Å². The lowest BCUT2D eigenvalue weighted by Crippen LogP contribution is -1.98. The molecule has 0 N–H and O–H groups in total. The molecule has 0 unspecified atom stereocenters. The first-order valence-corrected chi connectivity index (χ1v) is 6.61. The maximum Gasteiger partial charge on any atom is 0.125 e. The zero-order valence-corrected chi connectivity index (χ0v) is 10.7. The Morgan fingerprint density at radius 3 is 2.63 bits per heavy atom. The topological polar surface area (TPSA) is 4.93 Å². The van der Waals surface area contributed by atoms with Crippen molar-refractivity contribution in [2.75, 3.05) is 0 Å². The van der Waals surface area contributed by atoms with Crippen molar-refractivity contribution in [2.24, 2.45) is 0 Å². The molecular weight excluding hydrogens is 237 g/mol. The van der Waals surface area contributed by atoms with Crippen molar-refractivity contribution >= 4 is 10.9 Å². The highest BCUT2D eigenvalue weighted by Gasteiger charge is 2.02. The van der Waals surface area contributed by atoms with Gasteiger partial charge in [0.05, 0.1) is 5.52 Å². The summed E-state index contributed by atoms with van der Waals surface area (Å²) in [5.74, 6) is -0.171. The van der Waals surface area contributed by atoms with Crippen molar-refractivity contribution in [1.82, 2.24) is 4.57 Å². The van der Waals surface area contributed by atoms with E-state index in [1.54, 1.807) is 6.07 Å². The molecule has 3 rings (SSSR count). The van der Waals surface area contributed by atoms with Gasteiger partial charge in [-0.3, -0.25) is 0 Å². The van der Waals surface area contributed by atoms with Crippen LogP contribution in [-0.4, -0.2) is 4.57 Å². The number of hydrogen-bond donors (Lipinski definition) is 0. The Balaban J connectivity index is 1.70. The van der Waals surface area contributed by atoms with Crippen LogP contribution in [-0.2, 0) is 13.0 Å². The average molecular weight is 253 g/mol. The van der Waals surface area contributed by atoms with Gasteiger partial charge in [-0.25, -0.2) is 4.39 Å². The lowest BCUT2D eigenvalue weighted by molar-refractivity contribution is 0.625. The first-order chi connectivity index (χ1) is 9.33. The second kappa shape index (κ2) is 5.27. The number of benzene rings is 2. The van der Waals surface area contributed by atoms with Crippen LogP contribution in [0.3, 0.4) is 0 Å². The number of rotatable bonds is 4. The quantitative estimate of drug-likeness (QED) is 0.649. The fourth-order valence-corrected chi connectivity index (χ4v) is 2.45. The predicted octanol–water partition coefficient (Wildman–Crippen LogP) is 4.41. The van der Waals surface area contributed by atoms with Gasteiger partial charge in [0.1, 0.15) is 5.82 Å². The first-order valence-electron chi connectivity index (χ1n) is 6.61. The molecule has 2 heteroatoms. The van der Waals surface area contributed by atoms with E-state index in [9.17, 15) is 4.39 Å². The SMILES string of the molecule is Fc1ccc2ccn(CCCc3ccccc3)c2c1. The monoisotopic (exact) mass is 253 g/mol. The number of fused-ring (bicyclic) bond motifs is 1. The molecule has 0 spiro atoms. The summed E-state index contributed by atoms with van der Waals surface area (Å²) < 4.78 is 15.4. The second-order valence-electron chi connectivity index (χ2n) is 4.80. The van der Waals surface area contributed by atoms with Crippen LogP contribution in [0.25, 0.3) is 10.9 Å². The molecule has 0 aliphatic rings. The number of nitrogens with zero attached hydrogens (tertiary/aromatic N) is 1. The van der Waals surface area contributed by atoms with Gasteiger partial charge in [-0.05, 0) is 48.1 Å². The second-order valence-corrected chi connectivity index (χ2v) is 4.80. The molecule has 96 valence electrons. The van der Waals surface area contributed by atoms with Crippen LogP contribution in [0.4, 0.5) is 4.39 Å². The van der Waals surface area contributed by atoms with Crippen LogP contribution < -0.4 is 0 Å². The lowest BCUT2D eigenvalue weighted by atomic mass is 10.1. The summed E-state index contributed by atoms with van der Waals surface area (Å²) in [6.45, 7) is 0.918. The molecule has 19 heavy (non-hydrogen) atoms. The molecule has 0 atom stereocenters. The standard InChI is InChI=1S/C17H16FN/c18-16-9-8-15-10-12-19(17(15)13-16)11-4-7-14-5-2-1-3-6-14/h1-3,5-6,8-10,12-13H,4,7,11H2. The minimum absolute atomic E-state index is 0.171. The Hall–Kier alpha value is -2.09. The highest BCUT2D eigenvalue weighted by Crippen LogP contribution is 2.17. The van der Waals surface area contributed by atoms with Crippen LogP contribution in [0.5, 0.6) is 0 Å². The van der Waals surface area contributed by atoms with E-state index in [0.717, 1.165) is 30.3 Å². The van der Waals surface area contributed by atoms with Gasteiger partial charge in [0.15, 0.2) is 0 Å². The summed E-state index contributed by atoms with van der Waals surface area (Å²) in [6.07, 6.45) is 4.15. The minimum Gasteiger partial charge on any atom is -0.347 e. The van der Waals surface area contributed by atoms with Gasteiger partial charge in [0.2, 0.25) is 0 Å². The molecule has 1 heterocycles. The maximum absolute atomic E-state index is 13.3. The largest absolute Gasteiger partial charge is 0.347 e. The smallest absolute Gasteiger partial charge is 0.125 e. The van der Waals surface area contributed by atoms with E-state index in [0.29, 0.717) is 0 Å². The van der Waals surface area contributed by atoms with Gasteiger partial charge >= 0.3 is 0 Å². The third-order valence-electron chi connectivity index (χ3n) is 3.44. The Morgan fingerprint density at radius 2 is 1.79 bits per heavy atom. The molecule has 0 radical (unpaired) electrons. The van der Waals surface area contributed by atoms with E-state index in [-0.39, 0.29) is 5.82 Å². The molecule has 0 aliphatic heterocycles. The molecular formula is C17H16FN. The van der Waals surface area contributed by atoms with E-state index >= 15 is 0 Å². The molecule has 0 saturated heterocycles. The molecule has 1 nitrogen and oxygen atoms in total. The Kier molecular flexibility index (Phi) is 3.32. The van der Waals surface area contributed by atoms with Gasteiger partial charge < -0.3 is 4.57 Å². The van der Waals surface area contributed by atoms with E-state index in [1.807, 2.05) is 24.4 Å². The van der Waals surface area contributed by atoms with E-state index in [2.05, 4.69) is 28.8 Å². The van der Waals surface area contributed by atoms with Gasteiger partial charge in [0, 0.05) is 12.7 Å². The van der Waals surface area contributed by atoms with Crippen LogP contribution in [0.15, 0.2) is 60.8 Å². The molecule has 2 aromatic carbocycles. The van der Waals surface area contributed by atoms with Crippen LogP contribution >= 0.6 is 0 Å². The summed E-state index contributed by atoms with van der Waals surface area (Å²) in [5, 5.41) is 1.10. The van der Waals surface area contributed by atoms with Gasteiger partial charge in [0.25, 0.3) is 0 Å². The fourth-order valence-electron chi connectivity index (χ4n) is 2.45. The van der Waals surface area contributed by atoms with Gasteiger partial charge in [-0.15, -0.1) is 0 Å². The highest BCUT2D eigenvalue weighted by molar-refractivity contribution is 5.80. The Bertz CT molecular complexity index is 670. The van der Waals surface area contributed by atoms with E-state index < -0.39 is 0 Å². The van der Waals surface area contributed by atoms with E-state index in [1.165, 1.54) is 11.6 Å². The number of hydrogen-bond acceptors (Lipinski definition) is 0. The van der Waals surface area contributed by atoms with Crippen molar-refractivity contribution in [3.05, 3.63) is 72.2 Å². The van der Waals surface area contributed by atoms with Crippen molar-refractivity contribution in [2.45, 2.75) is 19.4 Å². The molecule has 3 aromatic rings. The number of halogens is 1. The van der Waals surface area contributed by atoms with Crippen molar-refractivity contribution in [3.8, 4) is 0 Å². The first kappa shape index (κ1) is 12.0. The molecule has 0 fully saturated rings. The predicted molar refractivity (Wildman–Crippen MR) is 76.7 cm³/mol. The summed E-state index contributed by atoms with van der Waals surface area (Å²) in [5.41, 5.74) is 2.33. The third kappa shape index (κ3) is 2.68. The summed E-state index contributed by atoms with van der Waals surface area (Å²) in [6, 6.07) is 17.4. The summed E-state index contributed by atoms with van der Waals surface area (Å²) in [4.78, 5) is 0. The molecule has 0 aliphatic carbocycles. The number of aryl methyl sites for hydroxylation is 2. The summed E-state index contributed by atoms with van der Waals surface area (Å²) >= 11 is 0. The molecule has 0 saturated carbocycles. The third-order valence-corrected chi connectivity index (χ3v) is 3.44. The van der Waals surface area contributed by atoms with Crippen molar-refractivity contribution in [1.29, 1.82) is 0 Å². The van der Waals surface area contributed by atoms with Crippen LogP contribution in [0.1, 0.15) is 12.0 Å². The van der Waals surface area contributed by atoms with Crippen molar-refractivity contribution in [3.63, 3.8) is 0 Å². The van der Waals surface area contributed by atoms with Crippen LogP contribution in [0, 0.1) is 5.82 Å². The summed E-state index contributed by atoms with van der Waals surface area (Å²) in [7, 11) is 0. The zero-order valence-electron chi connectivity index (χ0n) is 10.7. The normalized spacial score (nSPS) is 11.0. The molecule has 0 bridgehead atoms. The fraction of sp³-hybridized carbons (Fsp3) is 0.176. The lowest BCUT2D eigenvalue weighted by Gasteiger charge is -2.06. The molecule has 1 aromatic heterocycles. The zero-order chi connectivity index (χ0) is 13.1. The Labute approximate surface area is 112 Å². The number of aromatic nitrogens is 1.